The summed E-state index contributed by atoms with van der Waals surface area (Å²) in [7, 11) is 1.61. The molecule has 1 fully saturated rings. The van der Waals surface area contributed by atoms with Crippen LogP contribution in [0.1, 0.15) is 18.9 Å². The lowest BCUT2D eigenvalue weighted by Crippen LogP contribution is -2.28. The van der Waals surface area contributed by atoms with Gasteiger partial charge in [0.05, 0.1) is 25.3 Å². The van der Waals surface area contributed by atoms with E-state index in [1.165, 1.54) is 0 Å². The summed E-state index contributed by atoms with van der Waals surface area (Å²) in [6, 6.07) is 5.80. The van der Waals surface area contributed by atoms with Crippen LogP contribution in [0.25, 0.3) is 11.0 Å². The number of benzene rings is 1. The zero-order chi connectivity index (χ0) is 12.5. The second kappa shape index (κ2) is 4.49. The van der Waals surface area contributed by atoms with Gasteiger partial charge in [0.25, 0.3) is 0 Å². The number of aromatic amines is 1. The summed E-state index contributed by atoms with van der Waals surface area (Å²) >= 11 is 0. The topological polar surface area (TPSA) is 56.2 Å². The van der Waals surface area contributed by atoms with Gasteiger partial charge < -0.3 is 14.5 Å². The van der Waals surface area contributed by atoms with E-state index in [-0.39, 0.29) is 11.7 Å². The molecule has 96 valence electrons. The van der Waals surface area contributed by atoms with E-state index in [2.05, 4.69) is 4.98 Å². The van der Waals surface area contributed by atoms with Crippen molar-refractivity contribution >= 4 is 11.0 Å². The van der Waals surface area contributed by atoms with E-state index in [1.54, 1.807) is 11.7 Å². The number of imidazole rings is 1. The SMILES string of the molecule is COc1cccc2c1[nH]c(=O)n2C1CCCOC1. The lowest BCUT2D eigenvalue weighted by molar-refractivity contribution is 0.0595. The molecule has 1 aromatic carbocycles. The third-order valence-corrected chi connectivity index (χ3v) is 3.44. The smallest absolute Gasteiger partial charge is 0.326 e. The number of hydrogen-bond donors (Lipinski definition) is 1. The number of fused-ring (bicyclic) bond motifs is 1. The van der Waals surface area contributed by atoms with Gasteiger partial charge in [0.15, 0.2) is 0 Å². The zero-order valence-corrected chi connectivity index (χ0v) is 10.3. The molecule has 1 aliphatic rings. The number of ether oxygens (including phenoxy) is 2. The van der Waals surface area contributed by atoms with Gasteiger partial charge in [-0.25, -0.2) is 4.79 Å². The van der Waals surface area contributed by atoms with Crippen LogP contribution >= 0.6 is 0 Å². The first-order valence-electron chi connectivity index (χ1n) is 6.16. The van der Waals surface area contributed by atoms with Gasteiger partial charge in [-0.1, -0.05) is 6.07 Å². The first kappa shape index (κ1) is 11.3. The highest BCUT2D eigenvalue weighted by atomic mass is 16.5. The van der Waals surface area contributed by atoms with Gasteiger partial charge in [0.1, 0.15) is 11.3 Å². The molecule has 1 aliphatic heterocycles. The minimum absolute atomic E-state index is 0.0926. The average Bonchev–Trinajstić information content (AvgIpc) is 2.75. The van der Waals surface area contributed by atoms with Gasteiger partial charge in [0.2, 0.25) is 0 Å². The van der Waals surface area contributed by atoms with Crippen LogP contribution in [0.3, 0.4) is 0 Å². The van der Waals surface area contributed by atoms with Crippen molar-refractivity contribution in [1.29, 1.82) is 0 Å². The van der Waals surface area contributed by atoms with E-state index < -0.39 is 0 Å². The lowest BCUT2D eigenvalue weighted by atomic mass is 10.1. The maximum absolute atomic E-state index is 12.1. The Labute approximate surface area is 104 Å². The van der Waals surface area contributed by atoms with Crippen LogP contribution in [-0.4, -0.2) is 29.9 Å². The molecule has 5 nitrogen and oxygen atoms in total. The molecule has 0 saturated carbocycles. The Hall–Kier alpha value is -1.75. The largest absolute Gasteiger partial charge is 0.494 e. The Balaban J connectivity index is 2.16. The van der Waals surface area contributed by atoms with E-state index >= 15 is 0 Å². The average molecular weight is 248 g/mol. The van der Waals surface area contributed by atoms with E-state index in [4.69, 9.17) is 9.47 Å². The van der Waals surface area contributed by atoms with Gasteiger partial charge in [0, 0.05) is 6.61 Å². The Morgan fingerprint density at radius 1 is 1.50 bits per heavy atom. The number of nitrogens with zero attached hydrogens (tertiary/aromatic N) is 1. The van der Waals surface area contributed by atoms with Crippen LogP contribution in [-0.2, 0) is 4.74 Å². The van der Waals surface area contributed by atoms with E-state index in [0.29, 0.717) is 12.4 Å². The van der Waals surface area contributed by atoms with Crippen molar-refractivity contribution < 1.29 is 9.47 Å². The molecular formula is C13H16N2O3. The molecular weight excluding hydrogens is 232 g/mol. The molecule has 0 aliphatic carbocycles. The van der Waals surface area contributed by atoms with Crippen molar-refractivity contribution in [3.63, 3.8) is 0 Å². The molecule has 1 saturated heterocycles. The molecule has 0 bridgehead atoms. The Morgan fingerprint density at radius 2 is 2.39 bits per heavy atom. The zero-order valence-electron chi connectivity index (χ0n) is 10.3. The highest BCUT2D eigenvalue weighted by Crippen LogP contribution is 2.26. The third kappa shape index (κ3) is 1.71. The molecule has 1 aromatic heterocycles. The van der Waals surface area contributed by atoms with Crippen molar-refractivity contribution in [1.82, 2.24) is 9.55 Å². The summed E-state index contributed by atoms with van der Waals surface area (Å²) in [5, 5.41) is 0. The maximum atomic E-state index is 12.1. The van der Waals surface area contributed by atoms with Crippen molar-refractivity contribution in [2.24, 2.45) is 0 Å². The first-order chi connectivity index (χ1) is 8.81. The summed E-state index contributed by atoms with van der Waals surface area (Å²) in [6.07, 6.45) is 1.97. The van der Waals surface area contributed by atoms with Crippen molar-refractivity contribution in [2.75, 3.05) is 20.3 Å². The highest BCUT2D eigenvalue weighted by Gasteiger charge is 2.21. The molecule has 5 heteroatoms. The minimum Gasteiger partial charge on any atom is -0.494 e. The standard InChI is InChI=1S/C13H16N2O3/c1-17-11-6-2-5-10-12(11)14-13(16)15(10)9-4-3-7-18-8-9/h2,5-6,9H,3-4,7-8H2,1H3,(H,14,16). The summed E-state index contributed by atoms with van der Waals surface area (Å²) in [6.45, 7) is 1.39. The number of H-pyrrole nitrogens is 1. The van der Waals surface area contributed by atoms with Crippen molar-refractivity contribution in [3.05, 3.63) is 28.7 Å². The van der Waals surface area contributed by atoms with Gasteiger partial charge in [-0.15, -0.1) is 0 Å². The summed E-state index contributed by atoms with van der Waals surface area (Å²) in [4.78, 5) is 15.0. The molecule has 18 heavy (non-hydrogen) atoms. The molecule has 0 amide bonds. The molecule has 3 rings (SSSR count). The molecule has 1 atom stereocenters. The van der Waals surface area contributed by atoms with Gasteiger partial charge in [-0.2, -0.15) is 0 Å². The van der Waals surface area contributed by atoms with Crippen LogP contribution < -0.4 is 10.4 Å². The number of methoxy groups -OCH3 is 1. The fourth-order valence-corrected chi connectivity index (χ4v) is 2.58. The number of para-hydroxylation sites is 1. The third-order valence-electron chi connectivity index (χ3n) is 3.44. The number of hydrogen-bond acceptors (Lipinski definition) is 3. The monoisotopic (exact) mass is 248 g/mol. The molecule has 1 N–H and O–H groups in total. The van der Waals surface area contributed by atoms with Gasteiger partial charge in [-0.3, -0.25) is 4.57 Å². The number of nitrogens with one attached hydrogen (secondary N) is 1. The van der Waals surface area contributed by atoms with Crippen molar-refractivity contribution in [2.45, 2.75) is 18.9 Å². The van der Waals surface area contributed by atoms with Crippen LogP contribution in [0, 0.1) is 0 Å². The highest BCUT2D eigenvalue weighted by molar-refractivity contribution is 5.82. The van der Waals surface area contributed by atoms with Crippen LogP contribution in [0.5, 0.6) is 5.75 Å². The van der Waals surface area contributed by atoms with E-state index in [0.717, 1.165) is 30.5 Å². The minimum atomic E-state index is -0.0926. The van der Waals surface area contributed by atoms with Crippen LogP contribution in [0.2, 0.25) is 0 Å². The lowest BCUT2D eigenvalue weighted by Gasteiger charge is -2.23. The summed E-state index contributed by atoms with van der Waals surface area (Å²) in [5.74, 6) is 0.695. The number of aromatic nitrogens is 2. The van der Waals surface area contributed by atoms with E-state index in [1.807, 2.05) is 18.2 Å². The fraction of sp³-hybridized carbons (Fsp3) is 0.462. The second-order valence-corrected chi connectivity index (χ2v) is 4.53. The Morgan fingerprint density at radius 3 is 3.11 bits per heavy atom. The van der Waals surface area contributed by atoms with Crippen molar-refractivity contribution in [3.8, 4) is 5.75 Å². The van der Waals surface area contributed by atoms with E-state index in [9.17, 15) is 4.79 Å². The summed E-state index contributed by atoms with van der Waals surface area (Å²) in [5.41, 5.74) is 1.55. The second-order valence-electron chi connectivity index (χ2n) is 4.53. The summed E-state index contributed by atoms with van der Waals surface area (Å²) < 4.78 is 12.5. The molecule has 1 unspecified atom stereocenters. The van der Waals surface area contributed by atoms with Crippen LogP contribution in [0.15, 0.2) is 23.0 Å². The quantitative estimate of drug-likeness (QED) is 0.879. The normalized spacial score (nSPS) is 20.2. The Bertz CT molecular complexity index is 608. The molecule has 0 spiro atoms. The predicted molar refractivity (Wildman–Crippen MR) is 68.2 cm³/mol. The Kier molecular flexibility index (Phi) is 2.83. The maximum Gasteiger partial charge on any atom is 0.326 e. The van der Waals surface area contributed by atoms with Crippen LogP contribution in [0.4, 0.5) is 0 Å². The fourth-order valence-electron chi connectivity index (χ4n) is 2.58. The number of rotatable bonds is 2. The predicted octanol–water partition coefficient (Wildman–Crippen LogP) is 1.69. The molecule has 2 heterocycles. The molecule has 0 radical (unpaired) electrons. The van der Waals surface area contributed by atoms with Gasteiger partial charge >= 0.3 is 5.69 Å². The first-order valence-corrected chi connectivity index (χ1v) is 6.16. The molecule has 2 aromatic rings. The van der Waals surface area contributed by atoms with Gasteiger partial charge in [-0.05, 0) is 25.0 Å².